The van der Waals surface area contributed by atoms with Crippen molar-refractivity contribution < 1.29 is 4.74 Å². The van der Waals surface area contributed by atoms with Crippen LogP contribution in [0.3, 0.4) is 0 Å². The van der Waals surface area contributed by atoms with E-state index >= 15 is 0 Å². The summed E-state index contributed by atoms with van der Waals surface area (Å²) >= 11 is 1.73. The van der Waals surface area contributed by atoms with Crippen molar-refractivity contribution >= 4 is 26.7 Å². The lowest BCUT2D eigenvalue weighted by Gasteiger charge is -2.36. The van der Waals surface area contributed by atoms with E-state index in [1.54, 1.807) is 11.3 Å². The number of fused-ring (bicyclic) bond motifs is 1. The maximum absolute atomic E-state index is 5.46. The van der Waals surface area contributed by atoms with Crippen molar-refractivity contribution in [3.05, 3.63) is 24.3 Å². The summed E-state index contributed by atoms with van der Waals surface area (Å²) in [6, 6.07) is 8.82. The van der Waals surface area contributed by atoms with Gasteiger partial charge in [0.15, 0.2) is 5.13 Å². The SMILES string of the molecule is CC(C)C(CNc1nc2ccccc2s1)N1CCOCC1. The average Bonchev–Trinajstić information content (AvgIpc) is 2.91. The molecule has 5 heteroatoms. The second kappa shape index (κ2) is 6.73. The van der Waals surface area contributed by atoms with Gasteiger partial charge in [0.25, 0.3) is 0 Å². The molecule has 1 atom stereocenters. The fraction of sp³-hybridized carbons (Fsp3) is 0.562. The Bertz CT molecular complexity index is 545. The summed E-state index contributed by atoms with van der Waals surface area (Å²) in [5.74, 6) is 0.616. The molecule has 1 fully saturated rings. The Morgan fingerprint density at radius 3 is 2.76 bits per heavy atom. The minimum Gasteiger partial charge on any atom is -0.379 e. The van der Waals surface area contributed by atoms with Crippen LogP contribution < -0.4 is 5.32 Å². The molecule has 0 amide bonds. The van der Waals surface area contributed by atoms with Crippen LogP contribution >= 0.6 is 11.3 Å². The standard InChI is InChI=1S/C16H23N3OS/c1-12(2)14(19-7-9-20-10-8-19)11-17-16-18-13-5-3-4-6-15(13)21-16/h3-6,12,14H,7-11H2,1-2H3,(H,17,18). The lowest BCUT2D eigenvalue weighted by Crippen LogP contribution is -2.49. The van der Waals surface area contributed by atoms with Gasteiger partial charge in [-0.15, -0.1) is 0 Å². The maximum Gasteiger partial charge on any atom is 0.183 e. The highest BCUT2D eigenvalue weighted by molar-refractivity contribution is 7.22. The van der Waals surface area contributed by atoms with Gasteiger partial charge in [0.1, 0.15) is 0 Å². The van der Waals surface area contributed by atoms with Crippen LogP contribution in [0.5, 0.6) is 0 Å². The fourth-order valence-electron chi connectivity index (χ4n) is 2.84. The number of rotatable bonds is 5. The van der Waals surface area contributed by atoms with Crippen molar-refractivity contribution in [1.82, 2.24) is 9.88 Å². The predicted molar refractivity (Wildman–Crippen MR) is 89.1 cm³/mol. The molecular formula is C16H23N3OS. The molecule has 1 aliphatic heterocycles. The molecule has 1 unspecified atom stereocenters. The minimum absolute atomic E-state index is 0.529. The maximum atomic E-state index is 5.46. The van der Waals surface area contributed by atoms with Crippen molar-refractivity contribution in [3.63, 3.8) is 0 Å². The smallest absolute Gasteiger partial charge is 0.183 e. The van der Waals surface area contributed by atoms with Crippen molar-refractivity contribution in [3.8, 4) is 0 Å². The number of aromatic nitrogens is 1. The summed E-state index contributed by atoms with van der Waals surface area (Å²) in [6.45, 7) is 9.29. The zero-order valence-electron chi connectivity index (χ0n) is 12.7. The van der Waals surface area contributed by atoms with Crippen LogP contribution in [-0.2, 0) is 4.74 Å². The Kier molecular flexibility index (Phi) is 4.73. The van der Waals surface area contributed by atoms with Crippen molar-refractivity contribution in [2.75, 3.05) is 38.2 Å². The first-order valence-electron chi connectivity index (χ1n) is 7.65. The Morgan fingerprint density at radius 1 is 1.29 bits per heavy atom. The van der Waals surface area contributed by atoms with E-state index in [1.165, 1.54) is 4.70 Å². The molecular weight excluding hydrogens is 282 g/mol. The average molecular weight is 305 g/mol. The molecule has 2 heterocycles. The largest absolute Gasteiger partial charge is 0.379 e. The number of benzene rings is 1. The Labute approximate surface area is 130 Å². The summed E-state index contributed by atoms with van der Waals surface area (Å²) < 4.78 is 6.70. The van der Waals surface area contributed by atoms with Gasteiger partial charge in [-0.3, -0.25) is 4.90 Å². The molecule has 0 radical (unpaired) electrons. The number of nitrogens with one attached hydrogen (secondary N) is 1. The van der Waals surface area contributed by atoms with E-state index in [9.17, 15) is 0 Å². The van der Waals surface area contributed by atoms with E-state index in [-0.39, 0.29) is 0 Å². The van der Waals surface area contributed by atoms with Crippen molar-refractivity contribution in [1.29, 1.82) is 0 Å². The van der Waals surface area contributed by atoms with Gasteiger partial charge in [0.05, 0.1) is 23.4 Å². The molecule has 0 spiro atoms. The summed E-state index contributed by atoms with van der Waals surface area (Å²) in [5, 5.41) is 4.56. The fourth-order valence-corrected chi connectivity index (χ4v) is 3.71. The van der Waals surface area contributed by atoms with E-state index in [0.717, 1.165) is 43.5 Å². The minimum atomic E-state index is 0.529. The molecule has 1 aromatic carbocycles. The topological polar surface area (TPSA) is 37.4 Å². The van der Waals surface area contributed by atoms with E-state index in [1.807, 2.05) is 6.07 Å². The zero-order valence-corrected chi connectivity index (χ0v) is 13.5. The summed E-state index contributed by atoms with van der Waals surface area (Å²) in [7, 11) is 0. The number of hydrogen-bond donors (Lipinski definition) is 1. The molecule has 21 heavy (non-hydrogen) atoms. The molecule has 1 aliphatic rings. The molecule has 114 valence electrons. The molecule has 0 saturated carbocycles. The highest BCUT2D eigenvalue weighted by atomic mass is 32.1. The lowest BCUT2D eigenvalue weighted by atomic mass is 10.0. The van der Waals surface area contributed by atoms with Gasteiger partial charge in [-0.25, -0.2) is 4.98 Å². The molecule has 0 aliphatic carbocycles. The molecule has 1 N–H and O–H groups in total. The third-order valence-electron chi connectivity index (χ3n) is 4.04. The molecule has 1 aromatic heterocycles. The molecule has 0 bridgehead atoms. The summed E-state index contributed by atoms with van der Waals surface area (Å²) in [4.78, 5) is 7.19. The molecule has 1 saturated heterocycles. The first kappa shape index (κ1) is 14.8. The van der Waals surface area contributed by atoms with E-state index < -0.39 is 0 Å². The normalized spacial score (nSPS) is 18.2. The number of thiazole rings is 1. The van der Waals surface area contributed by atoms with E-state index in [4.69, 9.17) is 4.74 Å². The van der Waals surface area contributed by atoms with Crippen LogP contribution in [0.4, 0.5) is 5.13 Å². The van der Waals surface area contributed by atoms with E-state index in [2.05, 4.69) is 47.2 Å². The quantitative estimate of drug-likeness (QED) is 0.921. The predicted octanol–water partition coefficient (Wildman–Crippen LogP) is 3.07. The van der Waals surface area contributed by atoms with Gasteiger partial charge in [-0.1, -0.05) is 37.3 Å². The van der Waals surface area contributed by atoms with Crippen molar-refractivity contribution in [2.24, 2.45) is 5.92 Å². The van der Waals surface area contributed by atoms with Gasteiger partial charge in [0, 0.05) is 25.7 Å². The number of hydrogen-bond acceptors (Lipinski definition) is 5. The first-order chi connectivity index (χ1) is 10.2. The number of anilines is 1. The Hall–Kier alpha value is -1.17. The van der Waals surface area contributed by atoms with Gasteiger partial charge in [-0.05, 0) is 18.1 Å². The second-order valence-corrected chi connectivity index (χ2v) is 6.86. The van der Waals surface area contributed by atoms with Gasteiger partial charge in [-0.2, -0.15) is 0 Å². The number of morpholine rings is 1. The highest BCUT2D eigenvalue weighted by Gasteiger charge is 2.23. The third kappa shape index (κ3) is 3.54. The third-order valence-corrected chi connectivity index (χ3v) is 5.03. The van der Waals surface area contributed by atoms with Crippen LogP contribution in [0, 0.1) is 5.92 Å². The number of nitrogens with zero attached hydrogens (tertiary/aromatic N) is 2. The number of para-hydroxylation sites is 1. The Morgan fingerprint density at radius 2 is 2.05 bits per heavy atom. The molecule has 2 aromatic rings. The monoisotopic (exact) mass is 305 g/mol. The highest BCUT2D eigenvalue weighted by Crippen LogP contribution is 2.25. The van der Waals surface area contributed by atoms with Crippen LogP contribution in [0.15, 0.2) is 24.3 Å². The molecule has 4 nitrogen and oxygen atoms in total. The lowest BCUT2D eigenvalue weighted by molar-refractivity contribution is 0.00955. The van der Waals surface area contributed by atoms with Crippen LogP contribution in [0.2, 0.25) is 0 Å². The first-order valence-corrected chi connectivity index (χ1v) is 8.47. The number of ether oxygens (including phenoxy) is 1. The van der Waals surface area contributed by atoms with Crippen LogP contribution in [0.25, 0.3) is 10.2 Å². The van der Waals surface area contributed by atoms with Gasteiger partial charge in [0.2, 0.25) is 0 Å². The van der Waals surface area contributed by atoms with Crippen molar-refractivity contribution in [2.45, 2.75) is 19.9 Å². The van der Waals surface area contributed by atoms with Crippen LogP contribution in [-0.4, -0.2) is 48.8 Å². The van der Waals surface area contributed by atoms with E-state index in [0.29, 0.717) is 12.0 Å². The Balaban J connectivity index is 1.65. The van der Waals surface area contributed by atoms with Gasteiger partial charge < -0.3 is 10.1 Å². The second-order valence-electron chi connectivity index (χ2n) is 5.83. The summed E-state index contributed by atoms with van der Waals surface area (Å²) in [5.41, 5.74) is 1.08. The molecule has 3 rings (SSSR count). The summed E-state index contributed by atoms with van der Waals surface area (Å²) in [6.07, 6.45) is 0. The van der Waals surface area contributed by atoms with Crippen LogP contribution in [0.1, 0.15) is 13.8 Å². The van der Waals surface area contributed by atoms with Gasteiger partial charge >= 0.3 is 0 Å². The zero-order chi connectivity index (χ0) is 14.7.